The lowest BCUT2D eigenvalue weighted by Gasteiger charge is -2.39. The fraction of sp³-hybridized carbons (Fsp3) is 0.684. The van der Waals surface area contributed by atoms with Crippen molar-refractivity contribution < 1.29 is 0 Å². The third-order valence-electron chi connectivity index (χ3n) is 5.69. The van der Waals surface area contributed by atoms with E-state index >= 15 is 0 Å². The first-order valence-corrected chi connectivity index (χ1v) is 9.72. The highest BCUT2D eigenvalue weighted by atomic mass is 15.4. The van der Waals surface area contributed by atoms with Gasteiger partial charge in [-0.3, -0.25) is 4.90 Å². The molecule has 2 aliphatic heterocycles. The summed E-state index contributed by atoms with van der Waals surface area (Å²) < 4.78 is 1.99. The number of rotatable bonds is 4. The Morgan fingerprint density at radius 3 is 2.76 bits per heavy atom. The van der Waals surface area contributed by atoms with Crippen LogP contribution in [0.2, 0.25) is 0 Å². The number of hydrogen-bond acceptors (Lipinski definition) is 5. The zero-order valence-corrected chi connectivity index (χ0v) is 15.6. The minimum atomic E-state index is 0.843. The van der Waals surface area contributed by atoms with Gasteiger partial charge in [0.05, 0.1) is 6.20 Å². The molecule has 0 aliphatic carbocycles. The Morgan fingerprint density at radius 1 is 1.16 bits per heavy atom. The molecule has 2 aromatic heterocycles. The molecule has 0 radical (unpaired) electrons. The van der Waals surface area contributed by atoms with Crippen molar-refractivity contribution in [3.05, 3.63) is 24.0 Å². The average molecular weight is 342 g/mol. The summed E-state index contributed by atoms with van der Waals surface area (Å²) in [4.78, 5) is 12.3. The van der Waals surface area contributed by atoms with Gasteiger partial charge in [0.15, 0.2) is 5.65 Å². The number of aromatic nitrogens is 3. The zero-order valence-electron chi connectivity index (χ0n) is 15.6. The van der Waals surface area contributed by atoms with Crippen LogP contribution in [0.4, 0.5) is 5.82 Å². The lowest BCUT2D eigenvalue weighted by atomic mass is 9.97. The molecule has 2 fully saturated rings. The van der Waals surface area contributed by atoms with E-state index < -0.39 is 0 Å². The van der Waals surface area contributed by atoms with Crippen LogP contribution in [0.5, 0.6) is 0 Å². The van der Waals surface area contributed by atoms with Gasteiger partial charge in [-0.1, -0.05) is 6.92 Å². The number of aryl methyl sites for hydroxylation is 1. The summed E-state index contributed by atoms with van der Waals surface area (Å²) in [7, 11) is 2.26. The van der Waals surface area contributed by atoms with E-state index in [4.69, 9.17) is 0 Å². The van der Waals surface area contributed by atoms with Crippen molar-refractivity contribution in [1.29, 1.82) is 0 Å². The number of piperidine rings is 1. The van der Waals surface area contributed by atoms with Crippen LogP contribution in [0, 0.1) is 5.92 Å². The first kappa shape index (κ1) is 16.8. The Kier molecular flexibility index (Phi) is 4.90. The van der Waals surface area contributed by atoms with Gasteiger partial charge in [0, 0.05) is 57.1 Å². The molecule has 0 spiro atoms. The fourth-order valence-corrected chi connectivity index (χ4v) is 4.30. The van der Waals surface area contributed by atoms with Gasteiger partial charge >= 0.3 is 0 Å². The summed E-state index contributed by atoms with van der Waals surface area (Å²) >= 11 is 0. The smallest absolute Gasteiger partial charge is 0.157 e. The lowest BCUT2D eigenvalue weighted by molar-refractivity contribution is 0.147. The van der Waals surface area contributed by atoms with Crippen molar-refractivity contribution in [3.63, 3.8) is 0 Å². The molecule has 25 heavy (non-hydrogen) atoms. The highest BCUT2D eigenvalue weighted by Gasteiger charge is 2.24. The van der Waals surface area contributed by atoms with E-state index in [0.29, 0.717) is 0 Å². The summed E-state index contributed by atoms with van der Waals surface area (Å²) in [5.41, 5.74) is 2.11. The van der Waals surface area contributed by atoms with Crippen LogP contribution in [0.25, 0.3) is 5.65 Å². The molecule has 4 heterocycles. The van der Waals surface area contributed by atoms with Crippen molar-refractivity contribution >= 4 is 11.5 Å². The number of piperazine rings is 1. The lowest BCUT2D eigenvalue weighted by Crippen LogP contribution is -2.49. The van der Waals surface area contributed by atoms with E-state index in [0.717, 1.165) is 49.9 Å². The van der Waals surface area contributed by atoms with E-state index in [9.17, 15) is 0 Å². The second-order valence-corrected chi connectivity index (χ2v) is 7.62. The highest BCUT2D eigenvalue weighted by molar-refractivity contribution is 5.51. The van der Waals surface area contributed by atoms with Crippen molar-refractivity contribution in [2.45, 2.75) is 26.2 Å². The molecule has 136 valence electrons. The Balaban J connectivity index is 1.41. The Hall–Kier alpha value is -1.66. The molecule has 0 bridgehead atoms. The van der Waals surface area contributed by atoms with Crippen LogP contribution in [0.1, 0.15) is 25.5 Å². The molecule has 0 amide bonds. The maximum atomic E-state index is 4.67. The number of hydrogen-bond donors (Lipinski definition) is 0. The van der Waals surface area contributed by atoms with Crippen LogP contribution in [0.3, 0.4) is 0 Å². The molecule has 2 saturated heterocycles. The van der Waals surface area contributed by atoms with Crippen LogP contribution in [-0.2, 0) is 6.42 Å². The van der Waals surface area contributed by atoms with E-state index in [-0.39, 0.29) is 0 Å². The average Bonchev–Trinajstić information content (AvgIpc) is 3.10. The third-order valence-corrected chi connectivity index (χ3v) is 5.69. The molecule has 2 aromatic rings. The van der Waals surface area contributed by atoms with E-state index in [1.807, 2.05) is 16.8 Å². The molecule has 0 aromatic carbocycles. The fourth-order valence-electron chi connectivity index (χ4n) is 4.30. The predicted octanol–water partition coefficient (Wildman–Crippen LogP) is 1.76. The highest BCUT2D eigenvalue weighted by Crippen LogP contribution is 2.21. The molecular weight excluding hydrogens is 312 g/mol. The van der Waals surface area contributed by atoms with Crippen LogP contribution in [-0.4, -0.2) is 77.3 Å². The monoisotopic (exact) mass is 342 g/mol. The molecule has 0 N–H and O–H groups in total. The van der Waals surface area contributed by atoms with E-state index in [1.165, 1.54) is 38.3 Å². The Bertz CT molecular complexity index is 703. The van der Waals surface area contributed by atoms with Gasteiger partial charge in [0.2, 0.25) is 0 Å². The molecule has 2 aliphatic rings. The van der Waals surface area contributed by atoms with Crippen LogP contribution >= 0.6 is 0 Å². The molecule has 4 rings (SSSR count). The van der Waals surface area contributed by atoms with Crippen LogP contribution < -0.4 is 4.90 Å². The molecule has 1 atom stereocenters. The maximum Gasteiger partial charge on any atom is 0.157 e. The maximum absolute atomic E-state index is 4.67. The zero-order chi connectivity index (χ0) is 17.2. The van der Waals surface area contributed by atoms with E-state index in [1.54, 1.807) is 0 Å². The van der Waals surface area contributed by atoms with E-state index in [2.05, 4.69) is 44.8 Å². The largest absolute Gasteiger partial charge is 0.354 e. The minimum absolute atomic E-state index is 0.843. The van der Waals surface area contributed by atoms with Crippen LogP contribution in [0.15, 0.2) is 18.3 Å². The number of nitrogens with zero attached hydrogens (tertiary/aromatic N) is 6. The van der Waals surface area contributed by atoms with Gasteiger partial charge in [0.25, 0.3) is 0 Å². The summed E-state index contributed by atoms with van der Waals surface area (Å²) in [5, 5.41) is 4.48. The molecule has 6 nitrogen and oxygen atoms in total. The summed E-state index contributed by atoms with van der Waals surface area (Å²) in [6, 6.07) is 4.21. The van der Waals surface area contributed by atoms with Gasteiger partial charge in [-0.05, 0) is 38.8 Å². The summed E-state index contributed by atoms with van der Waals surface area (Å²) in [6.07, 6.45) is 5.56. The van der Waals surface area contributed by atoms with Gasteiger partial charge < -0.3 is 9.80 Å². The van der Waals surface area contributed by atoms with Crippen molar-refractivity contribution in [2.24, 2.45) is 5.92 Å². The normalized spacial score (nSPS) is 23.4. The summed E-state index contributed by atoms with van der Waals surface area (Å²) in [6.45, 7) is 10.4. The minimum Gasteiger partial charge on any atom is -0.354 e. The first-order chi connectivity index (χ1) is 12.2. The van der Waals surface area contributed by atoms with Gasteiger partial charge in [-0.15, -0.1) is 0 Å². The number of fused-ring (bicyclic) bond motifs is 1. The third kappa shape index (κ3) is 3.65. The quantitative estimate of drug-likeness (QED) is 0.847. The summed E-state index contributed by atoms with van der Waals surface area (Å²) in [5.74, 6) is 2.04. The van der Waals surface area contributed by atoms with Gasteiger partial charge in [-0.25, -0.2) is 4.98 Å². The Morgan fingerprint density at radius 2 is 2.00 bits per heavy atom. The molecular formula is C19H30N6. The molecule has 1 unspecified atom stereocenters. The molecule has 6 heteroatoms. The first-order valence-electron chi connectivity index (χ1n) is 9.72. The van der Waals surface area contributed by atoms with Crippen molar-refractivity contribution in [2.75, 3.05) is 57.8 Å². The Labute approximate surface area is 150 Å². The van der Waals surface area contributed by atoms with Gasteiger partial charge in [0.1, 0.15) is 5.82 Å². The van der Waals surface area contributed by atoms with Crippen molar-refractivity contribution in [3.8, 4) is 0 Å². The molecule has 0 saturated carbocycles. The SMILES string of the molecule is CCc1cc(N2CCN(CC3CCCN(C)C3)CC2)n2nccc2n1. The number of anilines is 1. The number of likely N-dealkylation sites (tertiary alicyclic amines) is 1. The topological polar surface area (TPSA) is 39.9 Å². The predicted molar refractivity (Wildman–Crippen MR) is 101 cm³/mol. The van der Waals surface area contributed by atoms with Crippen molar-refractivity contribution in [1.82, 2.24) is 24.4 Å². The van der Waals surface area contributed by atoms with Gasteiger partial charge in [-0.2, -0.15) is 9.61 Å². The second kappa shape index (κ2) is 7.30. The standard InChI is InChI=1S/C19H30N6/c1-3-17-13-19(25-18(21-17)6-7-20-25)24-11-9-23(10-12-24)15-16-5-4-8-22(2)14-16/h6-7,13,16H,3-5,8-12,14-15H2,1-2H3. The second-order valence-electron chi connectivity index (χ2n) is 7.62.